The Morgan fingerprint density at radius 1 is 1.14 bits per heavy atom. The number of aromatic nitrogens is 3. The van der Waals surface area contributed by atoms with E-state index >= 15 is 0 Å². The Balaban J connectivity index is 1.56. The van der Waals surface area contributed by atoms with Gasteiger partial charge in [0, 0.05) is 33.3 Å². The highest BCUT2D eigenvalue weighted by Gasteiger charge is 2.24. The van der Waals surface area contributed by atoms with Crippen molar-refractivity contribution in [2.45, 2.75) is 6.92 Å². The van der Waals surface area contributed by atoms with Gasteiger partial charge in [-0.1, -0.05) is 11.3 Å². The Labute approximate surface area is 167 Å². The van der Waals surface area contributed by atoms with Gasteiger partial charge in [0.25, 0.3) is 0 Å². The predicted molar refractivity (Wildman–Crippen MR) is 109 cm³/mol. The van der Waals surface area contributed by atoms with Crippen LogP contribution in [-0.2, 0) is 9.53 Å². The molecular weight excluding hydrogens is 378 g/mol. The molecule has 1 amide bonds. The van der Waals surface area contributed by atoms with E-state index in [0.717, 1.165) is 45.7 Å². The van der Waals surface area contributed by atoms with E-state index in [1.807, 2.05) is 40.8 Å². The molecule has 8 nitrogen and oxygen atoms in total. The number of fused-ring (bicyclic) bond motifs is 1. The number of benzene rings is 1. The number of rotatable bonds is 5. The van der Waals surface area contributed by atoms with Gasteiger partial charge in [-0.2, -0.15) is 10.1 Å². The van der Waals surface area contributed by atoms with Gasteiger partial charge in [-0.25, -0.2) is 4.68 Å². The van der Waals surface area contributed by atoms with Crippen molar-refractivity contribution in [1.82, 2.24) is 19.7 Å². The van der Waals surface area contributed by atoms with Gasteiger partial charge in [-0.3, -0.25) is 4.79 Å². The topological polar surface area (TPSA) is 72.7 Å². The number of carbonyl (C=O) groups is 1. The van der Waals surface area contributed by atoms with E-state index in [2.05, 4.69) is 10.00 Å². The smallest absolute Gasteiger partial charge is 0.248 e. The molecule has 9 heteroatoms. The molecule has 3 aromatic rings. The summed E-state index contributed by atoms with van der Waals surface area (Å²) in [6.07, 6.45) is 0. The summed E-state index contributed by atoms with van der Waals surface area (Å²) in [5.41, 5.74) is 2.77. The molecule has 3 heterocycles. The molecular formula is C19H23N5O3S. The molecule has 148 valence electrons. The number of thiazole rings is 1. The molecule has 1 saturated heterocycles. The lowest BCUT2D eigenvalue weighted by Crippen LogP contribution is -2.49. The number of hydrogen-bond acceptors (Lipinski definition) is 7. The summed E-state index contributed by atoms with van der Waals surface area (Å²) in [6.45, 7) is 5.04. The van der Waals surface area contributed by atoms with Gasteiger partial charge < -0.3 is 19.3 Å². The number of carbonyl (C=O) groups excluding carboxylic acids is 1. The van der Waals surface area contributed by atoms with E-state index in [9.17, 15) is 4.79 Å². The molecule has 0 aliphatic carbocycles. The third kappa shape index (κ3) is 3.43. The highest BCUT2D eigenvalue weighted by molar-refractivity contribution is 7.22. The van der Waals surface area contributed by atoms with Crippen LogP contribution in [0.5, 0.6) is 5.75 Å². The number of methoxy groups -OCH3 is 2. The minimum atomic E-state index is 0.0393. The minimum absolute atomic E-state index is 0.0393. The van der Waals surface area contributed by atoms with Crippen LogP contribution in [0.25, 0.3) is 16.0 Å². The van der Waals surface area contributed by atoms with Gasteiger partial charge in [0.15, 0.2) is 10.8 Å². The second-order valence-corrected chi connectivity index (χ2v) is 7.62. The van der Waals surface area contributed by atoms with E-state index in [1.165, 1.54) is 0 Å². The highest BCUT2D eigenvalue weighted by atomic mass is 32.1. The number of anilines is 1. The van der Waals surface area contributed by atoms with Crippen LogP contribution >= 0.6 is 11.3 Å². The maximum Gasteiger partial charge on any atom is 0.248 e. The van der Waals surface area contributed by atoms with Crippen LogP contribution in [0, 0.1) is 6.92 Å². The molecule has 0 radical (unpaired) electrons. The summed E-state index contributed by atoms with van der Waals surface area (Å²) >= 11 is 1.65. The molecule has 2 aromatic heterocycles. The molecule has 1 aliphatic heterocycles. The summed E-state index contributed by atoms with van der Waals surface area (Å²) in [5.74, 6) is 0.848. The average molecular weight is 401 g/mol. The monoisotopic (exact) mass is 401 g/mol. The Hall–Kier alpha value is -2.65. The largest absolute Gasteiger partial charge is 0.497 e. The standard InChI is InChI=1S/C19H23N5O3S/c1-13-17-18(24(21-13)14-4-6-15(27-3)7-5-14)20-19(28-17)23-10-8-22(9-11-23)16(25)12-26-2/h4-7H,8-12H2,1-3H3. The van der Waals surface area contributed by atoms with Crippen LogP contribution in [0.1, 0.15) is 5.69 Å². The lowest BCUT2D eigenvalue weighted by Gasteiger charge is -2.34. The SMILES string of the molecule is COCC(=O)N1CCN(c2nc3c(s2)c(C)nn3-c2ccc(OC)cc2)CC1. The minimum Gasteiger partial charge on any atom is -0.497 e. The number of piperazine rings is 1. The highest BCUT2D eigenvalue weighted by Crippen LogP contribution is 2.33. The van der Waals surface area contributed by atoms with E-state index in [-0.39, 0.29) is 12.5 Å². The lowest BCUT2D eigenvalue weighted by atomic mass is 10.3. The Bertz CT molecular complexity index is 974. The molecule has 0 bridgehead atoms. The first-order chi connectivity index (χ1) is 13.6. The maximum atomic E-state index is 12.0. The van der Waals surface area contributed by atoms with Crippen LogP contribution in [0.3, 0.4) is 0 Å². The third-order valence-electron chi connectivity index (χ3n) is 4.86. The summed E-state index contributed by atoms with van der Waals surface area (Å²) in [5, 5.41) is 5.63. The predicted octanol–water partition coefficient (Wildman–Crippen LogP) is 2.09. The molecule has 0 atom stereocenters. The van der Waals surface area contributed by atoms with Crippen LogP contribution in [-0.4, -0.2) is 72.6 Å². The summed E-state index contributed by atoms with van der Waals surface area (Å²) < 4.78 is 13.1. The Kier molecular flexibility index (Phi) is 5.19. The van der Waals surface area contributed by atoms with Crippen LogP contribution < -0.4 is 9.64 Å². The van der Waals surface area contributed by atoms with Crippen LogP contribution in [0.15, 0.2) is 24.3 Å². The number of ether oxygens (including phenoxy) is 2. The first kappa shape index (κ1) is 18.7. The zero-order chi connectivity index (χ0) is 19.7. The molecule has 1 aromatic carbocycles. The molecule has 1 fully saturated rings. The molecule has 1 aliphatic rings. The van der Waals surface area contributed by atoms with Crippen molar-refractivity contribution in [1.29, 1.82) is 0 Å². The zero-order valence-corrected chi connectivity index (χ0v) is 17.0. The first-order valence-electron chi connectivity index (χ1n) is 9.13. The van der Waals surface area contributed by atoms with Gasteiger partial charge >= 0.3 is 0 Å². The van der Waals surface area contributed by atoms with E-state index < -0.39 is 0 Å². The van der Waals surface area contributed by atoms with Gasteiger partial charge in [0.1, 0.15) is 12.4 Å². The van der Waals surface area contributed by atoms with E-state index in [1.54, 1.807) is 25.6 Å². The van der Waals surface area contributed by atoms with Crippen molar-refractivity contribution in [3.8, 4) is 11.4 Å². The molecule has 28 heavy (non-hydrogen) atoms. The van der Waals surface area contributed by atoms with Crippen LogP contribution in [0.4, 0.5) is 5.13 Å². The Morgan fingerprint density at radius 3 is 2.50 bits per heavy atom. The summed E-state index contributed by atoms with van der Waals surface area (Å²) in [4.78, 5) is 20.9. The fourth-order valence-electron chi connectivity index (χ4n) is 3.32. The van der Waals surface area contributed by atoms with Crippen molar-refractivity contribution >= 4 is 32.7 Å². The fourth-order valence-corrected chi connectivity index (χ4v) is 4.36. The zero-order valence-electron chi connectivity index (χ0n) is 16.2. The molecule has 0 spiro atoms. The van der Waals surface area contributed by atoms with Crippen molar-refractivity contribution < 1.29 is 14.3 Å². The number of hydrogen-bond donors (Lipinski definition) is 0. The van der Waals surface area contributed by atoms with E-state index in [0.29, 0.717) is 13.1 Å². The second kappa shape index (κ2) is 7.76. The fraction of sp³-hybridized carbons (Fsp3) is 0.421. The van der Waals surface area contributed by atoms with Gasteiger partial charge in [0.2, 0.25) is 5.91 Å². The number of aryl methyl sites for hydroxylation is 1. The van der Waals surface area contributed by atoms with Crippen molar-refractivity contribution in [3.05, 3.63) is 30.0 Å². The normalized spacial score (nSPS) is 14.7. The lowest BCUT2D eigenvalue weighted by molar-refractivity contribution is -0.135. The summed E-state index contributed by atoms with van der Waals surface area (Å²) in [7, 11) is 3.20. The van der Waals surface area contributed by atoms with Gasteiger partial charge in [-0.05, 0) is 31.2 Å². The quantitative estimate of drug-likeness (QED) is 0.652. The van der Waals surface area contributed by atoms with Gasteiger partial charge in [0.05, 0.1) is 23.2 Å². The molecule has 0 saturated carbocycles. The average Bonchev–Trinajstić information content (AvgIpc) is 3.29. The van der Waals surface area contributed by atoms with Crippen molar-refractivity contribution in [3.63, 3.8) is 0 Å². The van der Waals surface area contributed by atoms with E-state index in [4.69, 9.17) is 14.5 Å². The molecule has 4 rings (SSSR count). The van der Waals surface area contributed by atoms with Gasteiger partial charge in [-0.15, -0.1) is 0 Å². The second-order valence-electron chi connectivity index (χ2n) is 6.65. The first-order valence-corrected chi connectivity index (χ1v) is 9.94. The van der Waals surface area contributed by atoms with Crippen LogP contribution in [0.2, 0.25) is 0 Å². The van der Waals surface area contributed by atoms with Crippen molar-refractivity contribution in [2.24, 2.45) is 0 Å². The molecule has 0 N–H and O–H groups in total. The molecule has 0 unspecified atom stereocenters. The Morgan fingerprint density at radius 2 is 1.86 bits per heavy atom. The summed E-state index contributed by atoms with van der Waals surface area (Å²) in [6, 6.07) is 7.79. The number of nitrogens with zero attached hydrogens (tertiary/aromatic N) is 5. The maximum absolute atomic E-state index is 12.0. The van der Waals surface area contributed by atoms with Crippen molar-refractivity contribution in [2.75, 3.05) is 51.9 Å². The number of amides is 1. The third-order valence-corrected chi connectivity index (χ3v) is 6.08.